The van der Waals surface area contributed by atoms with Gasteiger partial charge in [-0.2, -0.15) is 5.10 Å². The Labute approximate surface area is 132 Å². The molecule has 110 valence electrons. The van der Waals surface area contributed by atoms with Gasteiger partial charge in [0.2, 0.25) is 5.13 Å². The summed E-state index contributed by atoms with van der Waals surface area (Å²) >= 11 is 1.54. The molecule has 0 atom stereocenters. The highest BCUT2D eigenvalue weighted by Gasteiger charge is 2.04. The summed E-state index contributed by atoms with van der Waals surface area (Å²) in [6.45, 7) is 3.69. The number of benzene rings is 2. The minimum Gasteiger partial charge on any atom is -0.507 e. The quantitative estimate of drug-likeness (QED) is 0.422. The van der Waals surface area contributed by atoms with Crippen LogP contribution in [0.15, 0.2) is 60.2 Å². The number of thiazole rings is 1. The van der Waals surface area contributed by atoms with E-state index in [-0.39, 0.29) is 5.75 Å². The average Bonchev–Trinajstić information content (AvgIpc) is 2.94. The van der Waals surface area contributed by atoms with Crippen molar-refractivity contribution in [2.75, 3.05) is 5.43 Å². The summed E-state index contributed by atoms with van der Waals surface area (Å²) in [5.74, 6) is 0.234. The highest BCUT2D eigenvalue weighted by molar-refractivity contribution is 7.22. The van der Waals surface area contributed by atoms with Gasteiger partial charge in [-0.05, 0) is 30.2 Å². The number of aromatic hydroxyl groups is 1. The molecule has 0 aliphatic rings. The fourth-order valence-corrected chi connectivity index (χ4v) is 2.93. The van der Waals surface area contributed by atoms with Gasteiger partial charge in [0.25, 0.3) is 0 Å². The second-order valence-electron chi connectivity index (χ2n) is 4.70. The molecule has 0 amide bonds. The van der Waals surface area contributed by atoms with Gasteiger partial charge < -0.3 is 5.11 Å². The topological polar surface area (TPSA) is 57.5 Å². The molecule has 1 aromatic heterocycles. The maximum absolute atomic E-state index is 10.2. The number of hydrogen-bond acceptors (Lipinski definition) is 5. The summed E-state index contributed by atoms with van der Waals surface area (Å²) in [7, 11) is 0. The lowest BCUT2D eigenvalue weighted by molar-refractivity contribution is 0.469. The minimum atomic E-state index is 0.234. The number of phenolic OH excluding ortho intramolecular Hbond substituents is 1. The number of nitrogens with zero attached hydrogens (tertiary/aromatic N) is 2. The van der Waals surface area contributed by atoms with Crippen molar-refractivity contribution in [1.82, 2.24) is 4.98 Å². The molecule has 0 saturated heterocycles. The third-order valence-electron chi connectivity index (χ3n) is 3.17. The summed E-state index contributed by atoms with van der Waals surface area (Å²) in [6.07, 6.45) is 3.97. The van der Waals surface area contributed by atoms with Crippen LogP contribution in [-0.2, 0) is 6.42 Å². The molecule has 3 rings (SSSR count). The molecule has 2 N–H and O–H groups in total. The monoisotopic (exact) mass is 309 g/mol. The Bertz CT molecular complexity index is 806. The summed E-state index contributed by atoms with van der Waals surface area (Å²) < 4.78 is 1.11. The number of rotatable bonds is 5. The Morgan fingerprint density at radius 2 is 2.09 bits per heavy atom. The number of hydrazone groups is 1. The summed E-state index contributed by atoms with van der Waals surface area (Å²) in [6, 6.07) is 13.5. The van der Waals surface area contributed by atoms with Crippen LogP contribution in [-0.4, -0.2) is 16.3 Å². The van der Waals surface area contributed by atoms with E-state index in [2.05, 4.69) is 22.1 Å². The van der Waals surface area contributed by atoms with Crippen molar-refractivity contribution in [2.45, 2.75) is 6.42 Å². The molecule has 0 spiro atoms. The largest absolute Gasteiger partial charge is 0.507 e. The fourth-order valence-electron chi connectivity index (χ4n) is 2.11. The van der Waals surface area contributed by atoms with Crippen molar-refractivity contribution in [3.05, 3.63) is 66.2 Å². The molecule has 0 bridgehead atoms. The highest BCUT2D eigenvalue weighted by Crippen LogP contribution is 2.25. The van der Waals surface area contributed by atoms with E-state index in [0.29, 0.717) is 12.0 Å². The number of fused-ring (bicyclic) bond motifs is 1. The van der Waals surface area contributed by atoms with Gasteiger partial charge in [-0.3, -0.25) is 5.43 Å². The molecule has 1 heterocycles. The van der Waals surface area contributed by atoms with Gasteiger partial charge in [0.15, 0.2) is 0 Å². The van der Waals surface area contributed by atoms with Crippen LogP contribution in [0.4, 0.5) is 5.13 Å². The number of nitrogens with one attached hydrogen (secondary N) is 1. The van der Waals surface area contributed by atoms with Crippen LogP contribution in [0, 0.1) is 0 Å². The van der Waals surface area contributed by atoms with Crippen LogP contribution < -0.4 is 5.43 Å². The Morgan fingerprint density at radius 1 is 1.23 bits per heavy atom. The first-order chi connectivity index (χ1) is 10.8. The highest BCUT2D eigenvalue weighted by atomic mass is 32.1. The van der Waals surface area contributed by atoms with Crippen molar-refractivity contribution in [3.8, 4) is 5.75 Å². The Balaban J connectivity index is 1.77. The first kappa shape index (κ1) is 14.3. The van der Waals surface area contributed by atoms with Crippen molar-refractivity contribution in [2.24, 2.45) is 5.10 Å². The van der Waals surface area contributed by atoms with E-state index in [1.807, 2.05) is 42.5 Å². The van der Waals surface area contributed by atoms with Crippen LogP contribution in [0.5, 0.6) is 5.75 Å². The molecule has 5 heteroatoms. The van der Waals surface area contributed by atoms with Crippen molar-refractivity contribution in [1.29, 1.82) is 0 Å². The smallest absolute Gasteiger partial charge is 0.204 e. The van der Waals surface area contributed by atoms with Crippen molar-refractivity contribution in [3.63, 3.8) is 0 Å². The van der Waals surface area contributed by atoms with E-state index in [0.717, 1.165) is 20.9 Å². The number of phenols is 1. The van der Waals surface area contributed by atoms with E-state index in [9.17, 15) is 5.11 Å². The van der Waals surface area contributed by atoms with E-state index < -0.39 is 0 Å². The number of para-hydroxylation sites is 2. The fraction of sp³-hybridized carbons (Fsp3) is 0.0588. The molecule has 2 aromatic carbocycles. The standard InChI is InChI=1S/C17H15N3OS/c1-2-6-12-7-5-8-13(16(12)21)11-18-20-17-19-14-9-3-4-10-15(14)22-17/h2-5,7-11,21H,1,6H2,(H,19,20). The first-order valence-electron chi connectivity index (χ1n) is 6.84. The molecule has 0 aliphatic carbocycles. The predicted octanol–water partition coefficient (Wildman–Crippen LogP) is 4.18. The zero-order valence-electron chi connectivity index (χ0n) is 11.9. The molecule has 0 saturated carbocycles. The molecule has 4 nitrogen and oxygen atoms in total. The van der Waals surface area contributed by atoms with Gasteiger partial charge in [0.1, 0.15) is 5.75 Å². The molecule has 0 fully saturated rings. The zero-order valence-corrected chi connectivity index (χ0v) is 12.7. The van der Waals surface area contributed by atoms with E-state index in [1.165, 1.54) is 11.3 Å². The Hall–Kier alpha value is -2.66. The Morgan fingerprint density at radius 3 is 2.91 bits per heavy atom. The van der Waals surface area contributed by atoms with E-state index in [1.54, 1.807) is 12.3 Å². The summed E-state index contributed by atoms with van der Waals surface area (Å²) in [5.41, 5.74) is 5.34. The van der Waals surface area contributed by atoms with Gasteiger partial charge in [0, 0.05) is 5.56 Å². The number of aromatic nitrogens is 1. The van der Waals surface area contributed by atoms with Gasteiger partial charge in [-0.25, -0.2) is 4.98 Å². The Kier molecular flexibility index (Phi) is 4.16. The molecule has 0 aliphatic heterocycles. The average molecular weight is 309 g/mol. The summed E-state index contributed by atoms with van der Waals surface area (Å²) in [5, 5.41) is 15.0. The molecule has 3 aromatic rings. The SMILES string of the molecule is C=CCc1cccc(C=NNc2nc3ccccc3s2)c1O. The normalized spacial score (nSPS) is 11.1. The van der Waals surface area contributed by atoms with Crippen molar-refractivity contribution < 1.29 is 5.11 Å². The lowest BCUT2D eigenvalue weighted by Crippen LogP contribution is -1.92. The van der Waals surface area contributed by atoms with Gasteiger partial charge in [0.05, 0.1) is 16.4 Å². The lowest BCUT2D eigenvalue weighted by Gasteiger charge is -2.04. The molecule has 0 radical (unpaired) electrons. The summed E-state index contributed by atoms with van der Waals surface area (Å²) in [4.78, 5) is 4.43. The zero-order chi connectivity index (χ0) is 15.4. The van der Waals surface area contributed by atoms with Crippen LogP contribution in [0.3, 0.4) is 0 Å². The maximum atomic E-state index is 10.2. The van der Waals surface area contributed by atoms with E-state index >= 15 is 0 Å². The van der Waals surface area contributed by atoms with Crippen molar-refractivity contribution >= 4 is 32.9 Å². The second-order valence-corrected chi connectivity index (χ2v) is 5.74. The van der Waals surface area contributed by atoms with Crippen LogP contribution >= 0.6 is 11.3 Å². The van der Waals surface area contributed by atoms with Crippen LogP contribution in [0.2, 0.25) is 0 Å². The van der Waals surface area contributed by atoms with Gasteiger partial charge in [-0.1, -0.05) is 41.7 Å². The molecular weight excluding hydrogens is 294 g/mol. The minimum absolute atomic E-state index is 0.234. The lowest BCUT2D eigenvalue weighted by atomic mass is 10.1. The van der Waals surface area contributed by atoms with E-state index in [4.69, 9.17) is 0 Å². The van der Waals surface area contributed by atoms with Gasteiger partial charge in [-0.15, -0.1) is 6.58 Å². The third-order valence-corrected chi connectivity index (χ3v) is 4.11. The predicted molar refractivity (Wildman–Crippen MR) is 92.8 cm³/mol. The molecular formula is C17H15N3OS. The molecule has 22 heavy (non-hydrogen) atoms. The maximum Gasteiger partial charge on any atom is 0.204 e. The third kappa shape index (κ3) is 2.99. The first-order valence-corrected chi connectivity index (χ1v) is 7.66. The van der Waals surface area contributed by atoms with Crippen LogP contribution in [0.25, 0.3) is 10.2 Å². The number of anilines is 1. The number of hydrogen-bond donors (Lipinski definition) is 2. The number of allylic oxidation sites excluding steroid dienone is 1. The second kappa shape index (κ2) is 6.41. The van der Waals surface area contributed by atoms with Gasteiger partial charge >= 0.3 is 0 Å². The van der Waals surface area contributed by atoms with Crippen LogP contribution in [0.1, 0.15) is 11.1 Å². The molecule has 0 unspecified atom stereocenters.